The second-order valence-corrected chi connectivity index (χ2v) is 6.70. The Balaban J connectivity index is 2.04. The quantitative estimate of drug-likeness (QED) is 0.753. The summed E-state index contributed by atoms with van der Waals surface area (Å²) in [5, 5.41) is 8.13. The molecular weight excluding hydrogens is 365 g/mol. The Morgan fingerprint density at radius 2 is 2.26 bits per heavy atom. The number of aromatic amines is 1. The third kappa shape index (κ3) is 5.23. The van der Waals surface area contributed by atoms with Gasteiger partial charge in [-0.25, -0.2) is 0 Å². The molecular formula is C17H21F3N4O3. The maximum Gasteiger partial charge on any atom is 0.432 e. The van der Waals surface area contributed by atoms with E-state index in [1.807, 2.05) is 5.10 Å². The Hall–Kier alpha value is -2.54. The molecule has 0 spiro atoms. The lowest BCUT2D eigenvalue weighted by Crippen LogP contribution is -2.59. The van der Waals surface area contributed by atoms with Crippen molar-refractivity contribution in [3.05, 3.63) is 17.5 Å². The zero-order valence-corrected chi connectivity index (χ0v) is 15.0. The lowest BCUT2D eigenvalue weighted by molar-refractivity contribution is -0.141. The van der Waals surface area contributed by atoms with Gasteiger partial charge in [0, 0.05) is 19.2 Å². The average Bonchev–Trinajstić information content (AvgIpc) is 3.09. The molecule has 0 bridgehead atoms. The van der Waals surface area contributed by atoms with Crippen molar-refractivity contribution in [1.29, 1.82) is 0 Å². The van der Waals surface area contributed by atoms with Gasteiger partial charge in [-0.2, -0.15) is 18.3 Å². The van der Waals surface area contributed by atoms with E-state index in [0.29, 0.717) is 25.5 Å². The highest BCUT2D eigenvalue weighted by molar-refractivity contribution is 5.92. The zero-order chi connectivity index (χ0) is 20.2. The molecule has 1 aromatic heterocycles. The van der Waals surface area contributed by atoms with Gasteiger partial charge in [-0.15, -0.1) is 6.42 Å². The number of nitrogens with zero attached hydrogens (tertiary/aromatic N) is 2. The van der Waals surface area contributed by atoms with Gasteiger partial charge in [0.05, 0.1) is 5.54 Å². The number of terminal acetylenes is 1. The highest BCUT2D eigenvalue weighted by Crippen LogP contribution is 2.28. The van der Waals surface area contributed by atoms with Crippen molar-refractivity contribution in [2.24, 2.45) is 0 Å². The van der Waals surface area contributed by atoms with Crippen LogP contribution in [0.5, 0.6) is 0 Å². The highest BCUT2D eigenvalue weighted by Gasteiger charge is 2.38. The lowest BCUT2D eigenvalue weighted by atomic mass is 9.90. The minimum Gasteiger partial charge on any atom is -0.356 e. The number of carbonyl (C=O) groups is 2. The molecule has 7 nitrogen and oxygen atoms in total. The molecule has 148 valence electrons. The normalized spacial score (nSPS) is 21.4. The van der Waals surface area contributed by atoms with Gasteiger partial charge in [0.2, 0.25) is 5.91 Å². The summed E-state index contributed by atoms with van der Waals surface area (Å²) in [6.07, 6.45) is 0.918. The second kappa shape index (κ2) is 8.00. The van der Waals surface area contributed by atoms with Crippen LogP contribution < -0.4 is 5.32 Å². The van der Waals surface area contributed by atoms with E-state index in [0.717, 1.165) is 0 Å². The predicted molar refractivity (Wildman–Crippen MR) is 89.5 cm³/mol. The first kappa shape index (κ1) is 20.8. The molecule has 2 amide bonds. The van der Waals surface area contributed by atoms with Crippen LogP contribution >= 0.6 is 0 Å². The summed E-state index contributed by atoms with van der Waals surface area (Å²) in [6, 6.07) is 0.683. The first-order chi connectivity index (χ1) is 12.6. The fourth-order valence-electron chi connectivity index (χ4n) is 2.90. The lowest BCUT2D eigenvalue weighted by Gasteiger charge is -2.41. The predicted octanol–water partition coefficient (Wildman–Crippen LogP) is 1.58. The van der Waals surface area contributed by atoms with Crippen molar-refractivity contribution < 1.29 is 27.5 Å². The second-order valence-electron chi connectivity index (χ2n) is 6.70. The van der Waals surface area contributed by atoms with E-state index in [4.69, 9.17) is 11.2 Å². The number of H-pyrrole nitrogens is 1. The van der Waals surface area contributed by atoms with Gasteiger partial charge < -0.3 is 15.0 Å². The number of piperidine rings is 1. The van der Waals surface area contributed by atoms with Crippen molar-refractivity contribution in [1.82, 2.24) is 20.4 Å². The van der Waals surface area contributed by atoms with Crippen LogP contribution in [0.4, 0.5) is 13.2 Å². The molecule has 10 heteroatoms. The van der Waals surface area contributed by atoms with Gasteiger partial charge in [-0.1, -0.05) is 5.92 Å². The largest absolute Gasteiger partial charge is 0.432 e. The summed E-state index contributed by atoms with van der Waals surface area (Å²) >= 11 is 0. The minimum absolute atomic E-state index is 0.00336. The number of alkyl halides is 3. The number of amides is 2. The van der Waals surface area contributed by atoms with Crippen molar-refractivity contribution in [2.45, 2.75) is 44.5 Å². The summed E-state index contributed by atoms with van der Waals surface area (Å²) in [7, 11) is 0. The number of ether oxygens (including phenoxy) is 1. The Labute approximate surface area is 154 Å². The molecule has 2 unspecified atom stereocenters. The van der Waals surface area contributed by atoms with Crippen LogP contribution in [0, 0.1) is 12.3 Å². The monoisotopic (exact) mass is 386 g/mol. The van der Waals surface area contributed by atoms with E-state index in [-0.39, 0.29) is 24.8 Å². The summed E-state index contributed by atoms with van der Waals surface area (Å²) in [5.41, 5.74) is -2.14. The third-order valence-electron chi connectivity index (χ3n) is 4.30. The van der Waals surface area contributed by atoms with Crippen molar-refractivity contribution in [3.8, 4) is 12.3 Å². The molecule has 27 heavy (non-hydrogen) atoms. The number of carbonyl (C=O) groups excluding carboxylic acids is 2. The molecule has 1 saturated heterocycles. The van der Waals surface area contributed by atoms with Gasteiger partial charge in [0.1, 0.15) is 18.4 Å². The SMILES string of the molecule is C#CCOC(C)C(=O)NC1(C)CCCN(C(=O)c2cc(C(F)(F)F)[nH]n2)C1. The molecule has 0 aromatic carbocycles. The number of rotatable bonds is 5. The number of likely N-dealkylation sites (tertiary alicyclic amines) is 1. The molecule has 1 aliphatic heterocycles. The first-order valence-electron chi connectivity index (χ1n) is 8.35. The highest BCUT2D eigenvalue weighted by atomic mass is 19.4. The summed E-state index contributed by atoms with van der Waals surface area (Å²) in [6.45, 7) is 3.83. The van der Waals surface area contributed by atoms with E-state index in [1.165, 1.54) is 4.90 Å². The molecule has 0 saturated carbocycles. The van der Waals surface area contributed by atoms with Crippen LogP contribution in [0.2, 0.25) is 0 Å². The van der Waals surface area contributed by atoms with E-state index < -0.39 is 29.4 Å². The smallest absolute Gasteiger partial charge is 0.356 e. The van der Waals surface area contributed by atoms with Gasteiger partial charge in [0.15, 0.2) is 5.69 Å². The Morgan fingerprint density at radius 3 is 2.85 bits per heavy atom. The number of aromatic nitrogens is 2. The first-order valence-corrected chi connectivity index (χ1v) is 8.35. The fourth-order valence-corrected chi connectivity index (χ4v) is 2.90. The van der Waals surface area contributed by atoms with Crippen LogP contribution in [0.3, 0.4) is 0 Å². The molecule has 0 aliphatic carbocycles. The number of nitrogens with one attached hydrogen (secondary N) is 2. The summed E-state index contributed by atoms with van der Waals surface area (Å²) in [5.74, 6) is 1.27. The van der Waals surface area contributed by atoms with Crippen LogP contribution in [-0.2, 0) is 15.7 Å². The van der Waals surface area contributed by atoms with Crippen LogP contribution in [-0.4, -0.2) is 58.3 Å². The molecule has 2 rings (SSSR count). The number of hydrogen-bond donors (Lipinski definition) is 2. The Kier molecular flexibility index (Phi) is 6.15. The van der Waals surface area contributed by atoms with Gasteiger partial charge in [0.25, 0.3) is 5.91 Å². The van der Waals surface area contributed by atoms with Crippen molar-refractivity contribution in [2.75, 3.05) is 19.7 Å². The Bertz CT molecular complexity index is 741. The number of halogens is 3. The molecule has 0 radical (unpaired) electrons. The minimum atomic E-state index is -4.61. The molecule has 2 atom stereocenters. The third-order valence-corrected chi connectivity index (χ3v) is 4.30. The van der Waals surface area contributed by atoms with Gasteiger partial charge >= 0.3 is 6.18 Å². The van der Waals surface area contributed by atoms with Gasteiger partial charge in [-0.05, 0) is 26.7 Å². The van der Waals surface area contributed by atoms with Gasteiger partial charge in [-0.3, -0.25) is 14.7 Å². The average molecular weight is 386 g/mol. The van der Waals surface area contributed by atoms with E-state index in [9.17, 15) is 22.8 Å². The fraction of sp³-hybridized carbons (Fsp3) is 0.588. The summed E-state index contributed by atoms with van der Waals surface area (Å²) < 4.78 is 43.2. The van der Waals surface area contributed by atoms with Crippen LogP contribution in [0.15, 0.2) is 6.07 Å². The van der Waals surface area contributed by atoms with E-state index >= 15 is 0 Å². The molecule has 2 N–H and O–H groups in total. The van der Waals surface area contributed by atoms with Crippen molar-refractivity contribution in [3.63, 3.8) is 0 Å². The Morgan fingerprint density at radius 1 is 1.56 bits per heavy atom. The van der Waals surface area contributed by atoms with Crippen molar-refractivity contribution >= 4 is 11.8 Å². The van der Waals surface area contributed by atoms with E-state index in [1.54, 1.807) is 13.8 Å². The van der Waals surface area contributed by atoms with E-state index in [2.05, 4.69) is 16.3 Å². The maximum absolute atomic E-state index is 12.7. The summed E-state index contributed by atoms with van der Waals surface area (Å²) in [4.78, 5) is 26.1. The number of hydrogen-bond acceptors (Lipinski definition) is 4. The van der Waals surface area contributed by atoms with Crippen LogP contribution in [0.25, 0.3) is 0 Å². The topological polar surface area (TPSA) is 87.3 Å². The molecule has 1 aliphatic rings. The standard InChI is InChI=1S/C17H21F3N4O3/c1-4-8-27-11(2)14(25)21-16(3)6-5-7-24(10-16)15(26)12-9-13(23-22-12)17(18,19)20/h1,9,11H,5-8,10H2,2-3H3,(H,21,25)(H,22,23). The maximum atomic E-state index is 12.7. The molecule has 1 fully saturated rings. The zero-order valence-electron chi connectivity index (χ0n) is 15.0. The molecule has 1 aromatic rings. The van der Waals surface area contributed by atoms with Crippen LogP contribution in [0.1, 0.15) is 42.9 Å². The molecule has 2 heterocycles.